The molecule has 1 aromatic rings. The monoisotopic (exact) mass is 322 g/mol. The van der Waals surface area contributed by atoms with Crippen molar-refractivity contribution in [3.8, 4) is 0 Å². The van der Waals surface area contributed by atoms with Gasteiger partial charge in [0, 0.05) is 30.2 Å². The van der Waals surface area contributed by atoms with Crippen LogP contribution in [0.15, 0.2) is 17.0 Å². The van der Waals surface area contributed by atoms with E-state index in [2.05, 4.69) is 0 Å². The van der Waals surface area contributed by atoms with Crippen molar-refractivity contribution in [2.75, 3.05) is 13.1 Å². The Bertz CT molecular complexity index is 569. The van der Waals surface area contributed by atoms with E-state index in [0.717, 1.165) is 19.3 Å². The molecule has 1 saturated heterocycles. The van der Waals surface area contributed by atoms with Gasteiger partial charge in [0.15, 0.2) is 0 Å². The SMILES string of the molecule is NCc1c(Cl)ccc(S(=O)(=O)N2CCCCC2)c1Cl. The van der Waals surface area contributed by atoms with Gasteiger partial charge in [0.25, 0.3) is 0 Å². The molecule has 2 rings (SSSR count). The molecule has 106 valence electrons. The van der Waals surface area contributed by atoms with Gasteiger partial charge in [0.1, 0.15) is 4.90 Å². The van der Waals surface area contributed by atoms with Crippen molar-refractivity contribution in [1.29, 1.82) is 0 Å². The highest BCUT2D eigenvalue weighted by molar-refractivity contribution is 7.89. The van der Waals surface area contributed by atoms with E-state index in [1.54, 1.807) is 0 Å². The van der Waals surface area contributed by atoms with Gasteiger partial charge in [0.2, 0.25) is 10.0 Å². The number of sulfonamides is 1. The van der Waals surface area contributed by atoms with Gasteiger partial charge in [0.05, 0.1) is 5.02 Å². The molecule has 1 aromatic carbocycles. The molecule has 0 spiro atoms. The Morgan fingerprint density at radius 2 is 1.79 bits per heavy atom. The summed E-state index contributed by atoms with van der Waals surface area (Å²) in [4.78, 5) is 0.0981. The average molecular weight is 323 g/mol. The average Bonchev–Trinajstić information content (AvgIpc) is 2.40. The molecule has 0 saturated carbocycles. The van der Waals surface area contributed by atoms with Crippen molar-refractivity contribution in [3.63, 3.8) is 0 Å². The molecule has 19 heavy (non-hydrogen) atoms. The Hall–Kier alpha value is -0.330. The van der Waals surface area contributed by atoms with Crippen LogP contribution in [0.1, 0.15) is 24.8 Å². The first-order valence-electron chi connectivity index (χ1n) is 6.15. The van der Waals surface area contributed by atoms with Crippen LogP contribution in [0.25, 0.3) is 0 Å². The molecule has 0 atom stereocenters. The van der Waals surface area contributed by atoms with E-state index in [0.29, 0.717) is 23.7 Å². The quantitative estimate of drug-likeness (QED) is 0.930. The summed E-state index contributed by atoms with van der Waals surface area (Å²) in [5.74, 6) is 0. The normalized spacial score (nSPS) is 17.6. The summed E-state index contributed by atoms with van der Waals surface area (Å²) in [6.45, 7) is 1.19. The van der Waals surface area contributed by atoms with E-state index in [9.17, 15) is 8.42 Å². The number of piperidine rings is 1. The third-order valence-corrected chi connectivity index (χ3v) is 6.13. The number of rotatable bonds is 3. The number of halogens is 2. The lowest BCUT2D eigenvalue weighted by Gasteiger charge is -2.26. The van der Waals surface area contributed by atoms with E-state index < -0.39 is 10.0 Å². The molecule has 0 radical (unpaired) electrons. The molecule has 1 fully saturated rings. The summed E-state index contributed by atoms with van der Waals surface area (Å²) in [6, 6.07) is 2.99. The van der Waals surface area contributed by atoms with Gasteiger partial charge in [-0.1, -0.05) is 29.6 Å². The molecule has 0 aliphatic carbocycles. The minimum Gasteiger partial charge on any atom is -0.326 e. The van der Waals surface area contributed by atoms with Crippen molar-refractivity contribution in [2.24, 2.45) is 5.73 Å². The van der Waals surface area contributed by atoms with Crippen LogP contribution in [0.5, 0.6) is 0 Å². The first-order chi connectivity index (χ1) is 8.98. The Kier molecular flexibility index (Phi) is 4.74. The first-order valence-corrected chi connectivity index (χ1v) is 8.35. The van der Waals surface area contributed by atoms with E-state index in [1.807, 2.05) is 0 Å². The Labute approximate surface area is 123 Å². The van der Waals surface area contributed by atoms with Crippen molar-refractivity contribution in [1.82, 2.24) is 4.31 Å². The third kappa shape index (κ3) is 2.90. The molecule has 0 aromatic heterocycles. The molecular formula is C12H16Cl2N2O2S. The molecule has 1 aliphatic rings. The second-order valence-corrected chi connectivity index (χ2v) is 7.20. The fourth-order valence-electron chi connectivity index (χ4n) is 2.21. The van der Waals surface area contributed by atoms with Gasteiger partial charge in [-0.05, 0) is 25.0 Å². The maximum Gasteiger partial charge on any atom is 0.244 e. The maximum atomic E-state index is 12.5. The second kappa shape index (κ2) is 5.97. The van der Waals surface area contributed by atoms with Crippen molar-refractivity contribution < 1.29 is 8.42 Å². The van der Waals surface area contributed by atoms with Crippen LogP contribution in [-0.2, 0) is 16.6 Å². The van der Waals surface area contributed by atoms with Gasteiger partial charge >= 0.3 is 0 Å². The maximum absolute atomic E-state index is 12.5. The smallest absolute Gasteiger partial charge is 0.244 e. The van der Waals surface area contributed by atoms with Gasteiger partial charge in [-0.15, -0.1) is 0 Å². The Morgan fingerprint density at radius 1 is 1.16 bits per heavy atom. The minimum absolute atomic E-state index is 0.0981. The predicted octanol–water partition coefficient (Wildman–Crippen LogP) is 2.63. The topological polar surface area (TPSA) is 63.4 Å². The van der Waals surface area contributed by atoms with E-state index in [4.69, 9.17) is 28.9 Å². The molecular weight excluding hydrogens is 307 g/mol. The zero-order valence-electron chi connectivity index (χ0n) is 10.4. The molecule has 4 nitrogen and oxygen atoms in total. The standard InChI is InChI=1S/C12H16Cl2N2O2S/c13-10-4-5-11(12(14)9(10)8-15)19(17,18)16-6-2-1-3-7-16/h4-5H,1-3,6-8,15H2. The first kappa shape index (κ1) is 15.1. The van der Waals surface area contributed by atoms with E-state index >= 15 is 0 Å². The molecule has 0 amide bonds. The van der Waals surface area contributed by atoms with Gasteiger partial charge < -0.3 is 5.73 Å². The van der Waals surface area contributed by atoms with Crippen molar-refractivity contribution >= 4 is 33.2 Å². The summed E-state index contributed by atoms with van der Waals surface area (Å²) in [5, 5.41) is 0.533. The summed E-state index contributed by atoms with van der Waals surface area (Å²) in [7, 11) is -3.55. The summed E-state index contributed by atoms with van der Waals surface area (Å²) < 4.78 is 26.6. The lowest BCUT2D eigenvalue weighted by atomic mass is 10.2. The van der Waals surface area contributed by atoms with E-state index in [-0.39, 0.29) is 16.5 Å². The van der Waals surface area contributed by atoms with E-state index in [1.165, 1.54) is 16.4 Å². The van der Waals surface area contributed by atoms with Crippen LogP contribution in [0, 0.1) is 0 Å². The molecule has 1 aliphatic heterocycles. The summed E-state index contributed by atoms with van der Waals surface area (Å²) in [5.41, 5.74) is 6.04. The van der Waals surface area contributed by atoms with Crippen LogP contribution in [-0.4, -0.2) is 25.8 Å². The van der Waals surface area contributed by atoms with Gasteiger partial charge in [-0.3, -0.25) is 0 Å². The van der Waals surface area contributed by atoms with Crippen molar-refractivity contribution in [2.45, 2.75) is 30.7 Å². The highest BCUT2D eigenvalue weighted by atomic mass is 35.5. The van der Waals surface area contributed by atoms with Crippen LogP contribution in [0.2, 0.25) is 10.0 Å². The zero-order chi connectivity index (χ0) is 14.0. The Morgan fingerprint density at radius 3 is 2.37 bits per heavy atom. The summed E-state index contributed by atoms with van der Waals surface area (Å²) >= 11 is 12.1. The lowest BCUT2D eigenvalue weighted by molar-refractivity contribution is 0.346. The zero-order valence-corrected chi connectivity index (χ0v) is 12.7. The highest BCUT2D eigenvalue weighted by Crippen LogP contribution is 2.33. The molecule has 1 heterocycles. The van der Waals surface area contributed by atoms with Crippen LogP contribution < -0.4 is 5.73 Å². The third-order valence-electron chi connectivity index (χ3n) is 3.29. The fourth-order valence-corrected chi connectivity index (χ4v) is 4.63. The number of benzene rings is 1. The predicted molar refractivity (Wildman–Crippen MR) is 77.0 cm³/mol. The Balaban J connectivity index is 2.46. The molecule has 2 N–H and O–H groups in total. The van der Waals surface area contributed by atoms with Gasteiger partial charge in [-0.2, -0.15) is 4.31 Å². The van der Waals surface area contributed by atoms with Gasteiger partial charge in [-0.25, -0.2) is 8.42 Å². The largest absolute Gasteiger partial charge is 0.326 e. The second-order valence-electron chi connectivity index (χ2n) is 4.51. The number of hydrogen-bond acceptors (Lipinski definition) is 3. The molecule has 0 bridgehead atoms. The number of hydrogen-bond donors (Lipinski definition) is 1. The molecule has 0 unspecified atom stereocenters. The van der Waals surface area contributed by atoms with Crippen LogP contribution in [0.4, 0.5) is 0 Å². The molecule has 7 heteroatoms. The highest BCUT2D eigenvalue weighted by Gasteiger charge is 2.29. The summed E-state index contributed by atoms with van der Waals surface area (Å²) in [6.07, 6.45) is 2.83. The van der Waals surface area contributed by atoms with Crippen LogP contribution in [0.3, 0.4) is 0 Å². The fraction of sp³-hybridized carbons (Fsp3) is 0.500. The van der Waals surface area contributed by atoms with Crippen LogP contribution >= 0.6 is 23.2 Å². The van der Waals surface area contributed by atoms with Crippen molar-refractivity contribution in [3.05, 3.63) is 27.7 Å². The number of nitrogens with zero attached hydrogens (tertiary/aromatic N) is 1. The number of nitrogens with two attached hydrogens (primary N) is 1. The lowest BCUT2D eigenvalue weighted by Crippen LogP contribution is -2.35. The minimum atomic E-state index is -3.55.